The number of esters is 1. The fourth-order valence-corrected chi connectivity index (χ4v) is 10.9. The van der Waals surface area contributed by atoms with Crippen molar-refractivity contribution in [3.8, 4) is 0 Å². The largest absolute Gasteiger partial charge is 0.469 e. The van der Waals surface area contributed by atoms with Crippen LogP contribution >= 0.6 is 0 Å². The standard InChI is InChI=1S/C39H44N4O2/c1-5-23-20-41(3)34-18-29-27-12-8-10-14-33(27)43-36(29)25(17-28(23)35(34)38(44)45-4)19-39(43)31-15-16-42(21-24(31)6-2)22-30-26-11-7-9-13-32(26)40-37(30)39/h5-14,25,28,31,34-35,40H,15-22H2,1-4H3. The lowest BCUT2D eigenvalue weighted by Gasteiger charge is -2.49. The number of allylic oxidation sites excluding steroid dienone is 2. The number of methoxy groups -OCH3 is 1. The fourth-order valence-electron chi connectivity index (χ4n) is 10.9. The van der Waals surface area contributed by atoms with Crippen LogP contribution in [0.4, 0.5) is 0 Å². The monoisotopic (exact) mass is 600 g/mol. The van der Waals surface area contributed by atoms with Gasteiger partial charge in [-0.3, -0.25) is 14.6 Å². The number of nitrogens with one attached hydrogen (secondary N) is 1. The quantitative estimate of drug-likeness (QED) is 0.194. The van der Waals surface area contributed by atoms with Gasteiger partial charge in [-0.15, -0.1) is 0 Å². The highest BCUT2D eigenvalue weighted by atomic mass is 16.5. The fraction of sp³-hybridized carbons (Fsp3) is 0.462. The molecule has 2 fully saturated rings. The summed E-state index contributed by atoms with van der Waals surface area (Å²) < 4.78 is 8.43. The van der Waals surface area contributed by atoms with Crippen molar-refractivity contribution in [1.82, 2.24) is 19.4 Å². The third-order valence-corrected chi connectivity index (χ3v) is 12.6. The lowest BCUT2D eigenvalue weighted by molar-refractivity contribution is -0.151. The molecule has 1 N–H and O–H groups in total. The smallest absolute Gasteiger partial charge is 0.310 e. The number of hydrogen-bond acceptors (Lipinski definition) is 4. The van der Waals surface area contributed by atoms with Gasteiger partial charge in [-0.05, 0) is 82.3 Å². The van der Waals surface area contributed by atoms with Crippen LogP contribution in [0.1, 0.15) is 61.5 Å². The maximum atomic E-state index is 13.7. The number of nitrogens with zero attached hydrogens (tertiary/aromatic N) is 3. The number of likely N-dealkylation sites (N-methyl/N-ethyl adjacent to an activating group) is 1. The summed E-state index contributed by atoms with van der Waals surface area (Å²) in [4.78, 5) is 22.9. The first-order valence-electron chi connectivity index (χ1n) is 17.0. The molecule has 4 aromatic rings. The normalized spacial score (nSPS) is 34.1. The van der Waals surface area contributed by atoms with Crippen molar-refractivity contribution in [1.29, 1.82) is 0 Å². The van der Waals surface area contributed by atoms with Gasteiger partial charge >= 0.3 is 5.97 Å². The van der Waals surface area contributed by atoms with E-state index in [9.17, 15) is 4.79 Å². The van der Waals surface area contributed by atoms with E-state index in [1.807, 2.05) is 0 Å². The summed E-state index contributed by atoms with van der Waals surface area (Å²) in [5.74, 6) is 0.713. The summed E-state index contributed by atoms with van der Waals surface area (Å²) in [7, 11) is 3.78. The number of piperidine rings is 2. The first-order chi connectivity index (χ1) is 22.0. The van der Waals surface area contributed by atoms with Gasteiger partial charge in [0.1, 0.15) is 0 Å². The van der Waals surface area contributed by atoms with Crippen LogP contribution in [0.5, 0.6) is 0 Å². The maximum absolute atomic E-state index is 13.7. The molecule has 2 aromatic heterocycles. The molecule has 2 saturated heterocycles. The van der Waals surface area contributed by atoms with E-state index >= 15 is 0 Å². The first-order valence-corrected chi connectivity index (χ1v) is 17.0. The van der Waals surface area contributed by atoms with E-state index in [2.05, 4.69) is 101 Å². The zero-order chi connectivity index (χ0) is 30.6. The molecule has 45 heavy (non-hydrogen) atoms. The number of para-hydroxylation sites is 2. The number of aromatic amines is 1. The highest BCUT2D eigenvalue weighted by molar-refractivity contribution is 5.89. The molecule has 1 aliphatic carbocycles. The van der Waals surface area contributed by atoms with Crippen LogP contribution in [0.2, 0.25) is 0 Å². The molecule has 7 unspecified atom stereocenters. The van der Waals surface area contributed by atoms with Crippen molar-refractivity contribution in [2.24, 2.45) is 17.8 Å². The van der Waals surface area contributed by atoms with Crippen molar-refractivity contribution < 1.29 is 9.53 Å². The molecule has 6 heteroatoms. The van der Waals surface area contributed by atoms with Crippen LogP contribution in [0.15, 0.2) is 71.8 Å². The molecular formula is C39H44N4O2. The predicted molar refractivity (Wildman–Crippen MR) is 179 cm³/mol. The Morgan fingerprint density at radius 3 is 2.56 bits per heavy atom. The van der Waals surface area contributed by atoms with Gasteiger partial charge in [0.2, 0.25) is 0 Å². The zero-order valence-electron chi connectivity index (χ0n) is 27.0. The summed E-state index contributed by atoms with van der Waals surface area (Å²) in [5.41, 5.74) is 11.2. The van der Waals surface area contributed by atoms with E-state index in [1.165, 1.54) is 49.9 Å². The van der Waals surface area contributed by atoms with Crippen LogP contribution in [0.25, 0.3) is 21.8 Å². The van der Waals surface area contributed by atoms with Gasteiger partial charge < -0.3 is 14.3 Å². The molecule has 6 nitrogen and oxygen atoms in total. The van der Waals surface area contributed by atoms with Gasteiger partial charge in [0.15, 0.2) is 0 Å². The van der Waals surface area contributed by atoms with E-state index in [4.69, 9.17) is 4.74 Å². The molecule has 10 rings (SSSR count). The lowest BCUT2D eigenvalue weighted by Crippen LogP contribution is -2.53. The Kier molecular flexibility index (Phi) is 6.12. The van der Waals surface area contributed by atoms with Gasteiger partial charge in [0, 0.05) is 70.7 Å². The molecular weight excluding hydrogens is 556 g/mol. The summed E-state index contributed by atoms with van der Waals surface area (Å²) in [6, 6.07) is 18.2. The van der Waals surface area contributed by atoms with Crippen molar-refractivity contribution in [2.45, 2.75) is 63.6 Å². The number of H-pyrrole nitrogens is 1. The van der Waals surface area contributed by atoms with Crippen LogP contribution in [0.3, 0.4) is 0 Å². The second kappa shape index (κ2) is 9.94. The average Bonchev–Trinajstić information content (AvgIpc) is 3.69. The molecule has 0 saturated carbocycles. The number of carbonyl (C=O) groups excluding carboxylic acids is 1. The van der Waals surface area contributed by atoms with Gasteiger partial charge in [-0.2, -0.15) is 0 Å². The van der Waals surface area contributed by atoms with Gasteiger partial charge in [0.05, 0.1) is 18.6 Å². The Bertz CT molecular complexity index is 1930. The van der Waals surface area contributed by atoms with Crippen LogP contribution in [0, 0.1) is 17.8 Å². The number of rotatable bonds is 1. The zero-order valence-corrected chi connectivity index (χ0v) is 27.0. The van der Waals surface area contributed by atoms with E-state index in [0.717, 1.165) is 51.9 Å². The Morgan fingerprint density at radius 2 is 1.76 bits per heavy atom. The van der Waals surface area contributed by atoms with Crippen LogP contribution < -0.4 is 0 Å². The number of fused-ring (bicyclic) bond motifs is 8. The third-order valence-electron chi connectivity index (χ3n) is 12.6. The van der Waals surface area contributed by atoms with Gasteiger partial charge in [-0.25, -0.2) is 0 Å². The van der Waals surface area contributed by atoms with Crippen molar-refractivity contribution in [2.75, 3.05) is 33.8 Å². The molecule has 4 bridgehead atoms. The Balaban J connectivity index is 1.37. The van der Waals surface area contributed by atoms with E-state index in [0.29, 0.717) is 11.8 Å². The minimum absolute atomic E-state index is 0.0526. The SMILES string of the molecule is CC=C1CN(C)C2Cc3c4n(c5ccccc35)C3(CC4CC1C2C(=O)OC)c1[nH]c2ccccc2c1CN1CCC3C(=CC)C1. The van der Waals surface area contributed by atoms with Crippen molar-refractivity contribution in [3.05, 3.63) is 94.3 Å². The Labute approximate surface area is 265 Å². The average molecular weight is 601 g/mol. The molecule has 7 heterocycles. The molecule has 5 aliphatic heterocycles. The molecule has 6 aliphatic rings. The Morgan fingerprint density at radius 1 is 0.978 bits per heavy atom. The summed E-state index contributed by atoms with van der Waals surface area (Å²) in [5, 5.41) is 2.73. The summed E-state index contributed by atoms with van der Waals surface area (Å²) >= 11 is 0. The number of aromatic nitrogens is 2. The Hall–Kier alpha value is -3.61. The number of likely N-dealkylation sites (tertiary alicyclic amines) is 1. The first kappa shape index (κ1) is 27.7. The maximum Gasteiger partial charge on any atom is 0.310 e. The third kappa shape index (κ3) is 3.61. The van der Waals surface area contributed by atoms with Gasteiger partial charge in [-0.1, -0.05) is 59.7 Å². The highest BCUT2D eigenvalue weighted by Crippen LogP contribution is 2.61. The van der Waals surface area contributed by atoms with E-state index in [1.54, 1.807) is 12.7 Å². The van der Waals surface area contributed by atoms with Gasteiger partial charge in [0.25, 0.3) is 0 Å². The molecule has 232 valence electrons. The summed E-state index contributed by atoms with van der Waals surface area (Å²) in [6.07, 6.45) is 8.78. The molecule has 7 atom stereocenters. The number of hydrogen-bond donors (Lipinski definition) is 1. The molecule has 0 radical (unpaired) electrons. The van der Waals surface area contributed by atoms with Crippen LogP contribution in [-0.2, 0) is 28.0 Å². The lowest BCUT2D eigenvalue weighted by atomic mass is 9.64. The van der Waals surface area contributed by atoms with Crippen LogP contribution in [-0.4, -0.2) is 65.2 Å². The molecule has 2 aromatic carbocycles. The van der Waals surface area contributed by atoms with E-state index < -0.39 is 0 Å². The number of benzene rings is 2. The molecule has 0 amide bonds. The minimum atomic E-state index is -0.220. The van der Waals surface area contributed by atoms with Crippen molar-refractivity contribution >= 4 is 27.8 Å². The predicted octanol–water partition coefficient (Wildman–Crippen LogP) is 6.75. The topological polar surface area (TPSA) is 53.5 Å². The highest BCUT2D eigenvalue weighted by Gasteiger charge is 2.58. The number of ether oxygens (including phenoxy) is 1. The second-order valence-corrected chi connectivity index (χ2v) is 14.4. The van der Waals surface area contributed by atoms with Crippen molar-refractivity contribution in [3.63, 3.8) is 0 Å². The number of carbonyl (C=O) groups is 1. The van der Waals surface area contributed by atoms with E-state index in [-0.39, 0.29) is 29.4 Å². The summed E-state index contributed by atoms with van der Waals surface area (Å²) in [6.45, 7) is 8.46. The molecule has 1 spiro atoms. The second-order valence-electron chi connectivity index (χ2n) is 14.4. The minimum Gasteiger partial charge on any atom is -0.469 e.